The molecule has 2 heterocycles. The van der Waals surface area contributed by atoms with Crippen LogP contribution in [0.3, 0.4) is 0 Å². The number of hydrogen-bond donors (Lipinski definition) is 2. The van der Waals surface area contributed by atoms with Crippen LogP contribution in [0.1, 0.15) is 6.42 Å². The number of carbonyl (C=O) groups excluding carboxylic acids is 2. The van der Waals surface area contributed by atoms with E-state index in [2.05, 4.69) is 10.6 Å². The van der Waals surface area contributed by atoms with Gasteiger partial charge in [0, 0.05) is 6.54 Å². The third kappa shape index (κ3) is 0.939. The van der Waals surface area contributed by atoms with Crippen LogP contribution in [0.2, 0.25) is 0 Å². The molecule has 0 aromatic heterocycles. The molecule has 2 fully saturated rings. The summed E-state index contributed by atoms with van der Waals surface area (Å²) < 4.78 is 0. The van der Waals surface area contributed by atoms with Crippen LogP contribution >= 0.6 is 0 Å². The summed E-state index contributed by atoms with van der Waals surface area (Å²) in [4.78, 5) is 22.1. The highest BCUT2D eigenvalue weighted by Gasteiger charge is 2.42. The fraction of sp³-hybridized carbons (Fsp3) is 0.714. The summed E-state index contributed by atoms with van der Waals surface area (Å²) in [7, 11) is 0. The highest BCUT2D eigenvalue weighted by atomic mass is 16.2. The van der Waals surface area contributed by atoms with Crippen LogP contribution in [0.5, 0.6) is 0 Å². The number of hydrogen-bond acceptors (Lipinski definition) is 3. The van der Waals surface area contributed by atoms with Crippen molar-refractivity contribution < 1.29 is 9.59 Å². The lowest BCUT2D eigenvalue weighted by atomic mass is 9.89. The fourth-order valence-corrected chi connectivity index (χ4v) is 1.75. The predicted octanol–water partition coefficient (Wildman–Crippen LogP) is -1.13. The van der Waals surface area contributed by atoms with Gasteiger partial charge in [-0.05, 0) is 13.0 Å². The quantitative estimate of drug-likeness (QED) is 0.434. The Hall–Kier alpha value is -0.900. The predicted molar refractivity (Wildman–Crippen MR) is 37.6 cm³/mol. The zero-order chi connectivity index (χ0) is 7.84. The van der Waals surface area contributed by atoms with Gasteiger partial charge in [0.2, 0.25) is 11.8 Å². The Kier molecular flexibility index (Phi) is 1.42. The highest BCUT2D eigenvalue weighted by Crippen LogP contribution is 2.24. The molecular weight excluding hydrogens is 144 g/mol. The van der Waals surface area contributed by atoms with E-state index in [-0.39, 0.29) is 23.7 Å². The molecule has 4 heteroatoms. The van der Waals surface area contributed by atoms with Crippen LogP contribution in [-0.4, -0.2) is 24.9 Å². The van der Waals surface area contributed by atoms with Crippen LogP contribution in [0.15, 0.2) is 0 Å². The van der Waals surface area contributed by atoms with Gasteiger partial charge in [-0.2, -0.15) is 0 Å². The van der Waals surface area contributed by atoms with E-state index < -0.39 is 0 Å². The minimum absolute atomic E-state index is 0.0521. The van der Waals surface area contributed by atoms with Crippen molar-refractivity contribution in [3.63, 3.8) is 0 Å². The maximum Gasteiger partial charge on any atom is 0.231 e. The Morgan fingerprint density at radius 3 is 2.64 bits per heavy atom. The van der Waals surface area contributed by atoms with Crippen molar-refractivity contribution in [3.8, 4) is 0 Å². The number of nitrogens with one attached hydrogen (secondary N) is 2. The van der Waals surface area contributed by atoms with Gasteiger partial charge in [0.1, 0.15) is 0 Å². The topological polar surface area (TPSA) is 58.2 Å². The second-order valence-corrected chi connectivity index (χ2v) is 3.06. The molecule has 0 bridgehead atoms. The number of carbonyl (C=O) groups is 2. The minimum atomic E-state index is -0.104. The Labute approximate surface area is 64.3 Å². The van der Waals surface area contributed by atoms with Gasteiger partial charge in [-0.1, -0.05) is 0 Å². The van der Waals surface area contributed by atoms with Crippen molar-refractivity contribution in [3.05, 3.63) is 0 Å². The molecule has 0 radical (unpaired) electrons. The SMILES string of the molecule is O=C1NC(=O)[C@@H]2CCNC[C@H]12. The first-order chi connectivity index (χ1) is 5.29. The molecule has 0 saturated carbocycles. The van der Waals surface area contributed by atoms with Crippen molar-refractivity contribution in [2.24, 2.45) is 11.8 Å². The number of imide groups is 1. The monoisotopic (exact) mass is 154 g/mol. The maximum atomic E-state index is 11.1. The van der Waals surface area contributed by atoms with Gasteiger partial charge in [-0.15, -0.1) is 0 Å². The Morgan fingerprint density at radius 1 is 1.18 bits per heavy atom. The molecule has 11 heavy (non-hydrogen) atoms. The molecule has 2 atom stereocenters. The Bertz CT molecular complexity index is 192. The molecule has 0 aromatic carbocycles. The van der Waals surface area contributed by atoms with Gasteiger partial charge in [-0.3, -0.25) is 14.9 Å². The molecular formula is C7H10N2O2. The third-order valence-electron chi connectivity index (χ3n) is 2.40. The first-order valence-electron chi connectivity index (χ1n) is 3.84. The summed E-state index contributed by atoms with van der Waals surface area (Å²) >= 11 is 0. The fourth-order valence-electron chi connectivity index (χ4n) is 1.75. The van der Waals surface area contributed by atoms with Crippen molar-refractivity contribution in [1.29, 1.82) is 0 Å². The van der Waals surface area contributed by atoms with E-state index in [1.54, 1.807) is 0 Å². The summed E-state index contributed by atoms with van der Waals surface area (Å²) in [6.07, 6.45) is 0.794. The van der Waals surface area contributed by atoms with Crippen LogP contribution in [0.4, 0.5) is 0 Å². The first kappa shape index (κ1) is 6.79. The van der Waals surface area contributed by atoms with Crippen LogP contribution in [0.25, 0.3) is 0 Å². The van der Waals surface area contributed by atoms with Crippen molar-refractivity contribution in [2.45, 2.75) is 6.42 Å². The van der Waals surface area contributed by atoms with E-state index in [1.807, 2.05) is 0 Å². The van der Waals surface area contributed by atoms with E-state index in [0.717, 1.165) is 13.0 Å². The third-order valence-corrected chi connectivity index (χ3v) is 2.40. The number of rotatable bonds is 0. The summed E-state index contributed by atoms with van der Waals surface area (Å²) in [6, 6.07) is 0. The van der Waals surface area contributed by atoms with Crippen molar-refractivity contribution >= 4 is 11.8 Å². The first-order valence-corrected chi connectivity index (χ1v) is 3.84. The summed E-state index contributed by atoms with van der Waals surface area (Å²) in [5.41, 5.74) is 0. The number of piperidine rings is 1. The molecule has 0 aliphatic carbocycles. The van der Waals surface area contributed by atoms with Gasteiger partial charge >= 0.3 is 0 Å². The molecule has 0 aromatic rings. The molecule has 2 rings (SSSR count). The molecule has 2 saturated heterocycles. The van der Waals surface area contributed by atoms with Crippen molar-refractivity contribution in [2.75, 3.05) is 13.1 Å². The summed E-state index contributed by atoms with van der Waals surface area (Å²) in [6.45, 7) is 1.50. The maximum absolute atomic E-state index is 11.1. The summed E-state index contributed by atoms with van der Waals surface area (Å²) in [5.74, 6) is -0.339. The number of fused-ring (bicyclic) bond motifs is 1. The van der Waals surface area contributed by atoms with Gasteiger partial charge < -0.3 is 5.32 Å². The lowest BCUT2D eigenvalue weighted by Gasteiger charge is -2.21. The number of amides is 2. The molecule has 2 amide bonds. The molecule has 0 spiro atoms. The van der Waals surface area contributed by atoms with Crippen LogP contribution in [-0.2, 0) is 9.59 Å². The Balaban J connectivity index is 2.19. The molecule has 0 unspecified atom stereocenters. The van der Waals surface area contributed by atoms with Gasteiger partial charge in [0.25, 0.3) is 0 Å². The molecule has 4 nitrogen and oxygen atoms in total. The molecule has 60 valence electrons. The van der Waals surface area contributed by atoms with E-state index >= 15 is 0 Å². The van der Waals surface area contributed by atoms with E-state index in [4.69, 9.17) is 0 Å². The lowest BCUT2D eigenvalue weighted by Crippen LogP contribution is -2.38. The van der Waals surface area contributed by atoms with Crippen LogP contribution in [0, 0.1) is 11.8 Å². The van der Waals surface area contributed by atoms with Crippen molar-refractivity contribution in [1.82, 2.24) is 10.6 Å². The zero-order valence-corrected chi connectivity index (χ0v) is 6.09. The Morgan fingerprint density at radius 2 is 1.91 bits per heavy atom. The largest absolute Gasteiger partial charge is 0.316 e. The normalized spacial score (nSPS) is 36.7. The smallest absolute Gasteiger partial charge is 0.231 e. The van der Waals surface area contributed by atoms with Crippen LogP contribution < -0.4 is 10.6 Å². The van der Waals surface area contributed by atoms with E-state index in [1.165, 1.54) is 0 Å². The summed E-state index contributed by atoms with van der Waals surface area (Å²) in [5, 5.41) is 5.44. The van der Waals surface area contributed by atoms with Gasteiger partial charge in [-0.25, -0.2) is 0 Å². The molecule has 2 aliphatic heterocycles. The molecule has 2 N–H and O–H groups in total. The van der Waals surface area contributed by atoms with E-state index in [0.29, 0.717) is 6.54 Å². The minimum Gasteiger partial charge on any atom is -0.316 e. The highest BCUT2D eigenvalue weighted by molar-refractivity contribution is 6.05. The standard InChI is InChI=1S/C7H10N2O2/c10-6-4-1-2-8-3-5(4)7(11)9-6/h4-5,8H,1-3H2,(H,9,10,11)/t4-,5+/m1/s1. The zero-order valence-electron chi connectivity index (χ0n) is 6.09. The van der Waals surface area contributed by atoms with Gasteiger partial charge in [0.15, 0.2) is 0 Å². The second-order valence-electron chi connectivity index (χ2n) is 3.06. The van der Waals surface area contributed by atoms with E-state index in [9.17, 15) is 9.59 Å². The second kappa shape index (κ2) is 2.30. The average molecular weight is 154 g/mol. The lowest BCUT2D eigenvalue weighted by molar-refractivity contribution is -0.126. The average Bonchev–Trinajstić information content (AvgIpc) is 2.30. The van der Waals surface area contributed by atoms with Gasteiger partial charge in [0.05, 0.1) is 11.8 Å². The molecule has 2 aliphatic rings.